The highest BCUT2D eigenvalue weighted by Crippen LogP contribution is 2.19. The summed E-state index contributed by atoms with van der Waals surface area (Å²) in [5.74, 6) is 0.851. The van der Waals surface area contributed by atoms with E-state index in [-0.39, 0.29) is 0 Å². The molecule has 0 aliphatic carbocycles. The van der Waals surface area contributed by atoms with E-state index >= 15 is 0 Å². The van der Waals surface area contributed by atoms with Crippen LogP contribution in [0.1, 0.15) is 16.7 Å². The second kappa shape index (κ2) is 6.95. The molecule has 0 amide bonds. The zero-order valence-electron chi connectivity index (χ0n) is 13.5. The number of benzene rings is 1. The van der Waals surface area contributed by atoms with Gasteiger partial charge in [0.05, 0.1) is 0 Å². The number of nitrogens with one attached hydrogen (secondary N) is 2. The molecule has 0 saturated carbocycles. The summed E-state index contributed by atoms with van der Waals surface area (Å²) in [7, 11) is 0. The van der Waals surface area contributed by atoms with Crippen LogP contribution in [0.25, 0.3) is 11.0 Å². The van der Waals surface area contributed by atoms with Crippen molar-refractivity contribution in [2.24, 2.45) is 0 Å². The minimum absolute atomic E-state index is 0.695. The first-order valence-corrected chi connectivity index (χ1v) is 8.50. The van der Waals surface area contributed by atoms with Crippen molar-refractivity contribution in [3.05, 3.63) is 88.8 Å². The van der Waals surface area contributed by atoms with Gasteiger partial charge in [-0.15, -0.1) is 0 Å². The number of halogens is 1. The normalized spacial score (nSPS) is 10.9. The second-order valence-corrected chi connectivity index (χ2v) is 6.36. The molecule has 0 fully saturated rings. The molecule has 0 saturated heterocycles. The summed E-state index contributed by atoms with van der Waals surface area (Å²) >= 11 is 6.01. The van der Waals surface area contributed by atoms with Gasteiger partial charge in [-0.1, -0.05) is 29.8 Å². The molecule has 4 nitrogen and oxygen atoms in total. The highest BCUT2D eigenvalue weighted by molar-refractivity contribution is 6.30. The van der Waals surface area contributed by atoms with Crippen LogP contribution in [0.5, 0.6) is 0 Å². The van der Waals surface area contributed by atoms with E-state index in [1.54, 1.807) is 6.20 Å². The predicted molar refractivity (Wildman–Crippen MR) is 102 cm³/mol. The number of fused-ring (bicyclic) bond motifs is 1. The lowest BCUT2D eigenvalue weighted by Crippen LogP contribution is -2.01. The summed E-state index contributed by atoms with van der Waals surface area (Å²) in [6.07, 6.45) is 6.55. The third-order valence-corrected chi connectivity index (χ3v) is 4.35. The van der Waals surface area contributed by atoms with Crippen LogP contribution in [0, 0.1) is 0 Å². The number of anilines is 1. The van der Waals surface area contributed by atoms with E-state index in [1.165, 1.54) is 5.56 Å². The van der Waals surface area contributed by atoms with Gasteiger partial charge >= 0.3 is 0 Å². The van der Waals surface area contributed by atoms with E-state index in [9.17, 15) is 0 Å². The molecule has 4 aromatic rings. The average Bonchev–Trinajstić information content (AvgIpc) is 3.04. The maximum Gasteiger partial charge on any atom is 0.137 e. The van der Waals surface area contributed by atoms with Crippen LogP contribution in [-0.2, 0) is 13.0 Å². The lowest BCUT2D eigenvalue weighted by molar-refractivity contribution is 1.09. The summed E-state index contributed by atoms with van der Waals surface area (Å²) in [5.41, 5.74) is 4.44. The summed E-state index contributed by atoms with van der Waals surface area (Å²) in [5, 5.41) is 5.22. The van der Waals surface area contributed by atoms with Gasteiger partial charge in [0.25, 0.3) is 0 Å². The van der Waals surface area contributed by atoms with E-state index in [4.69, 9.17) is 11.6 Å². The van der Waals surface area contributed by atoms with Gasteiger partial charge in [0.1, 0.15) is 11.5 Å². The lowest BCUT2D eigenvalue weighted by Gasteiger charge is -2.07. The Kier molecular flexibility index (Phi) is 4.36. The first kappa shape index (κ1) is 15.7. The van der Waals surface area contributed by atoms with Crippen molar-refractivity contribution in [1.29, 1.82) is 0 Å². The molecule has 0 bridgehead atoms. The van der Waals surface area contributed by atoms with E-state index in [1.807, 2.05) is 48.8 Å². The van der Waals surface area contributed by atoms with Gasteiger partial charge in [-0.25, -0.2) is 9.97 Å². The number of pyridine rings is 2. The molecule has 0 unspecified atom stereocenters. The van der Waals surface area contributed by atoms with Crippen LogP contribution in [0.2, 0.25) is 5.02 Å². The van der Waals surface area contributed by atoms with E-state index in [2.05, 4.69) is 32.4 Å². The predicted octanol–water partition coefficient (Wildman–Crippen LogP) is 4.81. The van der Waals surface area contributed by atoms with Crippen LogP contribution >= 0.6 is 11.6 Å². The highest BCUT2D eigenvalue weighted by Gasteiger charge is 2.05. The van der Waals surface area contributed by atoms with Crippen molar-refractivity contribution in [3.63, 3.8) is 0 Å². The fourth-order valence-electron chi connectivity index (χ4n) is 2.85. The molecular formula is C20H17ClN4. The zero-order valence-corrected chi connectivity index (χ0v) is 14.3. The quantitative estimate of drug-likeness (QED) is 0.544. The molecule has 0 atom stereocenters. The smallest absolute Gasteiger partial charge is 0.137 e. The van der Waals surface area contributed by atoms with Crippen molar-refractivity contribution < 1.29 is 0 Å². The summed E-state index contributed by atoms with van der Waals surface area (Å²) in [4.78, 5) is 12.0. The van der Waals surface area contributed by atoms with Crippen molar-refractivity contribution in [3.8, 4) is 0 Å². The summed E-state index contributed by atoms with van der Waals surface area (Å²) in [6.45, 7) is 0.695. The molecule has 0 radical (unpaired) electrons. The number of hydrogen-bond acceptors (Lipinski definition) is 3. The molecule has 0 spiro atoms. The number of H-pyrrole nitrogens is 1. The Bertz CT molecular complexity index is 992. The van der Waals surface area contributed by atoms with Crippen molar-refractivity contribution in [1.82, 2.24) is 15.0 Å². The first-order valence-electron chi connectivity index (χ1n) is 8.12. The van der Waals surface area contributed by atoms with Gasteiger partial charge < -0.3 is 10.3 Å². The van der Waals surface area contributed by atoms with Gasteiger partial charge in [-0.05, 0) is 47.0 Å². The van der Waals surface area contributed by atoms with Crippen LogP contribution < -0.4 is 5.32 Å². The van der Waals surface area contributed by atoms with E-state index in [0.29, 0.717) is 6.54 Å². The van der Waals surface area contributed by atoms with Gasteiger partial charge in [-0.2, -0.15) is 0 Å². The van der Waals surface area contributed by atoms with Crippen LogP contribution in [0.3, 0.4) is 0 Å². The molecule has 5 heteroatoms. The molecule has 4 rings (SSSR count). The molecule has 25 heavy (non-hydrogen) atoms. The Morgan fingerprint density at radius 3 is 2.80 bits per heavy atom. The molecule has 0 aliphatic rings. The largest absolute Gasteiger partial charge is 0.366 e. The maximum atomic E-state index is 6.01. The molecule has 1 aromatic carbocycles. The second-order valence-electron chi connectivity index (χ2n) is 5.93. The van der Waals surface area contributed by atoms with Gasteiger partial charge in [0, 0.05) is 42.0 Å². The van der Waals surface area contributed by atoms with E-state index < -0.39 is 0 Å². The number of nitrogens with zero attached hydrogens (tertiary/aromatic N) is 2. The number of aromatic amines is 1. The number of rotatable bonds is 5. The Labute approximate surface area is 150 Å². The molecule has 124 valence electrons. The molecule has 3 heterocycles. The van der Waals surface area contributed by atoms with Crippen LogP contribution in [-0.4, -0.2) is 15.0 Å². The Balaban J connectivity index is 1.43. The van der Waals surface area contributed by atoms with Crippen molar-refractivity contribution >= 4 is 28.5 Å². The van der Waals surface area contributed by atoms with Crippen LogP contribution in [0.15, 0.2) is 67.1 Å². The number of aromatic nitrogens is 3. The maximum absolute atomic E-state index is 6.01. The third kappa shape index (κ3) is 3.64. The Hall–Kier alpha value is -2.85. The highest BCUT2D eigenvalue weighted by atomic mass is 35.5. The summed E-state index contributed by atoms with van der Waals surface area (Å²) < 4.78 is 0. The molecule has 2 N–H and O–H groups in total. The van der Waals surface area contributed by atoms with Crippen molar-refractivity contribution in [2.45, 2.75) is 13.0 Å². The third-order valence-electron chi connectivity index (χ3n) is 4.12. The fourth-order valence-corrected chi connectivity index (χ4v) is 3.06. The standard InChI is InChI=1S/C20H17ClN4/c21-17-4-1-3-14(10-17)11-23-19-7-6-15(12-24-19)9-16-13-25-20-18(16)5-2-8-22-20/h1-8,10,12-13H,9,11H2,(H,22,25)(H,23,24). The van der Waals surface area contributed by atoms with E-state index in [0.717, 1.165) is 39.4 Å². The fraction of sp³-hybridized carbons (Fsp3) is 0.100. The minimum Gasteiger partial charge on any atom is -0.366 e. The first-order chi connectivity index (χ1) is 12.3. The van der Waals surface area contributed by atoms with Crippen LogP contribution in [0.4, 0.5) is 5.82 Å². The number of hydrogen-bond donors (Lipinski definition) is 2. The summed E-state index contributed by atoms with van der Waals surface area (Å²) in [6, 6.07) is 16.0. The average molecular weight is 349 g/mol. The monoisotopic (exact) mass is 348 g/mol. The van der Waals surface area contributed by atoms with Gasteiger partial charge in [-0.3, -0.25) is 0 Å². The molecule has 3 aromatic heterocycles. The SMILES string of the molecule is Clc1cccc(CNc2ccc(Cc3c[nH]c4ncccc34)cn2)c1. The molecule has 0 aliphatic heterocycles. The van der Waals surface area contributed by atoms with Gasteiger partial charge in [0.15, 0.2) is 0 Å². The van der Waals surface area contributed by atoms with Gasteiger partial charge in [0.2, 0.25) is 0 Å². The van der Waals surface area contributed by atoms with Crippen molar-refractivity contribution in [2.75, 3.05) is 5.32 Å². The Morgan fingerprint density at radius 2 is 1.96 bits per heavy atom. The topological polar surface area (TPSA) is 53.6 Å². The Morgan fingerprint density at radius 1 is 1.00 bits per heavy atom. The zero-order chi connectivity index (χ0) is 17.1. The minimum atomic E-state index is 0.695. The molecular weight excluding hydrogens is 332 g/mol. The lowest BCUT2D eigenvalue weighted by atomic mass is 10.1.